The molecule has 12 nitrogen and oxygen atoms in total. The van der Waals surface area contributed by atoms with Crippen molar-refractivity contribution >= 4 is 11.8 Å². The molecule has 12 heteroatoms. The standard InChI is InChI=1S/C24H26O12/c1-2-33-21(26)22(10-11-22)12-34-19-16(13-4-3-5-15-14(13)6-8-17(15)25)7-9-18(35-23(27,28)29)20(19)36-24(30,31)32/h3-5,7,9,27-32H,2,6,8,10-12H2,1H3. The molecule has 2 aliphatic rings. The van der Waals surface area contributed by atoms with E-state index in [1.165, 1.54) is 6.07 Å². The second-order valence-electron chi connectivity index (χ2n) is 8.67. The van der Waals surface area contributed by atoms with Gasteiger partial charge in [-0.3, -0.25) is 9.59 Å². The predicted molar refractivity (Wildman–Crippen MR) is 118 cm³/mol. The Hall–Kier alpha value is -3.26. The second-order valence-corrected chi connectivity index (χ2v) is 8.67. The molecule has 194 valence electrons. The highest BCUT2D eigenvalue weighted by molar-refractivity contribution is 6.02. The Labute approximate surface area is 204 Å². The fourth-order valence-corrected chi connectivity index (χ4v) is 4.16. The summed E-state index contributed by atoms with van der Waals surface area (Å²) < 4.78 is 20.5. The van der Waals surface area contributed by atoms with Crippen LogP contribution in [0.5, 0.6) is 17.2 Å². The maximum absolute atomic E-state index is 12.4. The van der Waals surface area contributed by atoms with Crippen molar-refractivity contribution in [3.63, 3.8) is 0 Å². The van der Waals surface area contributed by atoms with Crippen LogP contribution in [0.4, 0.5) is 0 Å². The zero-order chi connectivity index (χ0) is 26.3. The fraction of sp³-hybridized carbons (Fsp3) is 0.417. The molecule has 0 spiro atoms. The summed E-state index contributed by atoms with van der Waals surface area (Å²) in [6, 6.07) is 7.47. The average molecular weight is 506 g/mol. The summed E-state index contributed by atoms with van der Waals surface area (Å²) in [5.41, 5.74) is 0.954. The zero-order valence-electron chi connectivity index (χ0n) is 19.3. The molecule has 2 aliphatic carbocycles. The van der Waals surface area contributed by atoms with E-state index < -0.39 is 35.2 Å². The summed E-state index contributed by atoms with van der Waals surface area (Å²) in [4.78, 5) is 24.7. The minimum Gasteiger partial charge on any atom is -0.488 e. The summed E-state index contributed by atoms with van der Waals surface area (Å²) in [6.07, 6.45) is -5.86. The van der Waals surface area contributed by atoms with Gasteiger partial charge in [-0.15, -0.1) is 0 Å². The van der Waals surface area contributed by atoms with Crippen molar-refractivity contribution in [3.8, 4) is 28.4 Å². The van der Waals surface area contributed by atoms with E-state index in [4.69, 9.17) is 14.2 Å². The molecule has 0 unspecified atom stereocenters. The van der Waals surface area contributed by atoms with Gasteiger partial charge < -0.3 is 49.6 Å². The number of carbonyl (C=O) groups excluding carboxylic acids is 2. The van der Waals surface area contributed by atoms with E-state index in [2.05, 4.69) is 4.74 Å². The molecule has 1 saturated carbocycles. The number of benzene rings is 2. The van der Waals surface area contributed by atoms with E-state index in [1.54, 1.807) is 25.1 Å². The van der Waals surface area contributed by atoms with E-state index in [0.29, 0.717) is 36.0 Å². The van der Waals surface area contributed by atoms with Gasteiger partial charge in [-0.05, 0) is 49.4 Å². The Morgan fingerprint density at radius 3 is 2.17 bits per heavy atom. The van der Waals surface area contributed by atoms with E-state index in [9.17, 15) is 40.2 Å². The third kappa shape index (κ3) is 5.43. The minimum atomic E-state index is -3.77. The van der Waals surface area contributed by atoms with Gasteiger partial charge in [-0.25, -0.2) is 0 Å². The molecule has 0 atom stereocenters. The number of Topliss-reactive ketones (excluding diaryl/α,β-unsaturated/α-hetero) is 1. The summed E-state index contributed by atoms with van der Waals surface area (Å²) in [5, 5.41) is 56.6. The van der Waals surface area contributed by atoms with Crippen molar-refractivity contribution in [2.24, 2.45) is 5.41 Å². The molecule has 36 heavy (non-hydrogen) atoms. The number of ketones is 1. The highest BCUT2D eigenvalue weighted by atomic mass is 16.9. The monoisotopic (exact) mass is 506 g/mol. The number of fused-ring (bicyclic) bond motifs is 1. The smallest absolute Gasteiger partial charge is 0.453 e. The van der Waals surface area contributed by atoms with Crippen LogP contribution in [-0.2, 0) is 16.0 Å². The molecule has 0 amide bonds. The second kappa shape index (κ2) is 9.32. The molecule has 6 N–H and O–H groups in total. The number of ether oxygens (including phenoxy) is 4. The first-order chi connectivity index (χ1) is 16.8. The topological polar surface area (TPSA) is 192 Å². The van der Waals surface area contributed by atoms with Gasteiger partial charge >= 0.3 is 18.3 Å². The number of hydrogen-bond acceptors (Lipinski definition) is 12. The molecule has 4 rings (SSSR count). The normalized spacial score (nSPS) is 16.4. The lowest BCUT2D eigenvalue weighted by Crippen LogP contribution is -2.37. The van der Waals surface area contributed by atoms with Gasteiger partial charge in [0, 0.05) is 17.5 Å². The predicted octanol–water partition coefficient (Wildman–Crippen LogP) is 0.139. The highest BCUT2D eigenvalue weighted by Gasteiger charge is 2.52. The SMILES string of the molecule is CCOC(=O)C1(COc2c(-c3cccc4c3CCC4=O)ccc(OC(O)(O)O)c2OC(O)(O)O)CC1. The maximum Gasteiger partial charge on any atom is 0.453 e. The molecule has 1 fully saturated rings. The Bertz CT molecular complexity index is 1170. The lowest BCUT2D eigenvalue weighted by atomic mass is 9.95. The molecule has 0 heterocycles. The van der Waals surface area contributed by atoms with Crippen LogP contribution >= 0.6 is 0 Å². The Kier molecular flexibility index (Phi) is 6.68. The average Bonchev–Trinajstić information content (AvgIpc) is 3.48. The zero-order valence-corrected chi connectivity index (χ0v) is 19.3. The Morgan fingerprint density at radius 1 is 0.889 bits per heavy atom. The maximum atomic E-state index is 12.4. The van der Waals surface area contributed by atoms with Crippen LogP contribution in [0.1, 0.15) is 42.1 Å². The number of rotatable bonds is 10. The van der Waals surface area contributed by atoms with Crippen LogP contribution < -0.4 is 14.2 Å². The molecular weight excluding hydrogens is 480 g/mol. The van der Waals surface area contributed by atoms with Crippen molar-refractivity contribution < 1.29 is 59.2 Å². The number of hydrogen-bond donors (Lipinski definition) is 6. The summed E-state index contributed by atoms with van der Waals surface area (Å²) in [6.45, 7) is 1.57. The lowest BCUT2D eigenvalue weighted by Gasteiger charge is -2.26. The molecule has 0 aromatic heterocycles. The summed E-state index contributed by atoms with van der Waals surface area (Å²) in [5.74, 6) is -2.23. The molecule has 2 aromatic carbocycles. The van der Waals surface area contributed by atoms with Gasteiger partial charge in [-0.1, -0.05) is 18.2 Å². The van der Waals surface area contributed by atoms with E-state index >= 15 is 0 Å². The van der Waals surface area contributed by atoms with E-state index in [-0.39, 0.29) is 36.7 Å². The quantitative estimate of drug-likeness (QED) is 0.189. The highest BCUT2D eigenvalue weighted by Crippen LogP contribution is 2.51. The third-order valence-corrected chi connectivity index (χ3v) is 5.99. The molecule has 2 aromatic rings. The molecule has 0 saturated heterocycles. The lowest BCUT2D eigenvalue weighted by molar-refractivity contribution is -0.428. The van der Waals surface area contributed by atoms with Gasteiger partial charge in [-0.2, -0.15) is 0 Å². The van der Waals surface area contributed by atoms with Gasteiger partial charge in [0.15, 0.2) is 17.3 Å². The van der Waals surface area contributed by atoms with Crippen LogP contribution in [0.15, 0.2) is 30.3 Å². The van der Waals surface area contributed by atoms with Crippen molar-refractivity contribution in [2.75, 3.05) is 13.2 Å². The first-order valence-corrected chi connectivity index (χ1v) is 11.2. The molecular formula is C24H26O12. The van der Waals surface area contributed by atoms with Crippen LogP contribution in [0.2, 0.25) is 0 Å². The van der Waals surface area contributed by atoms with Crippen molar-refractivity contribution in [1.29, 1.82) is 0 Å². The fourth-order valence-electron chi connectivity index (χ4n) is 4.16. The third-order valence-electron chi connectivity index (χ3n) is 5.99. The number of carbonyl (C=O) groups is 2. The van der Waals surface area contributed by atoms with Crippen LogP contribution in [0, 0.1) is 5.41 Å². The summed E-state index contributed by atoms with van der Waals surface area (Å²) >= 11 is 0. The van der Waals surface area contributed by atoms with Gasteiger partial charge in [0.1, 0.15) is 12.0 Å². The van der Waals surface area contributed by atoms with Gasteiger partial charge in [0.05, 0.1) is 6.61 Å². The molecule has 0 bridgehead atoms. The Balaban J connectivity index is 1.86. The number of esters is 1. The van der Waals surface area contributed by atoms with Crippen LogP contribution in [0.25, 0.3) is 11.1 Å². The van der Waals surface area contributed by atoms with Crippen molar-refractivity contribution in [3.05, 3.63) is 41.5 Å². The van der Waals surface area contributed by atoms with Crippen LogP contribution in [0.3, 0.4) is 0 Å². The molecule has 0 aliphatic heterocycles. The molecule has 0 radical (unpaired) electrons. The van der Waals surface area contributed by atoms with Crippen molar-refractivity contribution in [1.82, 2.24) is 0 Å². The van der Waals surface area contributed by atoms with Gasteiger partial charge in [0.2, 0.25) is 5.75 Å². The Morgan fingerprint density at radius 2 is 1.56 bits per heavy atom. The summed E-state index contributed by atoms with van der Waals surface area (Å²) in [7, 11) is 0. The number of aliphatic hydroxyl groups is 6. The van der Waals surface area contributed by atoms with E-state index in [0.717, 1.165) is 6.07 Å². The largest absolute Gasteiger partial charge is 0.488 e. The minimum absolute atomic E-state index is 0.0595. The van der Waals surface area contributed by atoms with Crippen molar-refractivity contribution in [2.45, 2.75) is 44.9 Å². The van der Waals surface area contributed by atoms with E-state index in [1.807, 2.05) is 0 Å². The first-order valence-electron chi connectivity index (χ1n) is 11.2. The van der Waals surface area contributed by atoms with Gasteiger partial charge in [0.25, 0.3) is 0 Å². The first kappa shape index (κ1) is 25.8. The van der Waals surface area contributed by atoms with Crippen LogP contribution in [-0.4, -0.2) is 67.9 Å².